The minimum Gasteiger partial charge on any atom is -0.355 e. The Bertz CT molecular complexity index is 797. The van der Waals surface area contributed by atoms with E-state index in [1.165, 1.54) is 38.5 Å². The lowest BCUT2D eigenvalue weighted by atomic mass is 9.96. The summed E-state index contributed by atoms with van der Waals surface area (Å²) in [4.78, 5) is 23.9. The largest absolute Gasteiger partial charge is 0.355 e. The number of aromatic nitrogens is 2. The number of hydrogen-bond donors (Lipinski definition) is 2. The normalized spacial score (nSPS) is 17.9. The second-order valence-electron chi connectivity index (χ2n) is 7.79. The molecule has 148 valence electrons. The lowest BCUT2D eigenvalue weighted by Crippen LogP contribution is -2.39. The molecule has 6 nitrogen and oxygen atoms in total. The fourth-order valence-corrected chi connectivity index (χ4v) is 4.22. The van der Waals surface area contributed by atoms with Crippen LogP contribution in [-0.2, 0) is 0 Å². The predicted molar refractivity (Wildman–Crippen MR) is 113 cm³/mol. The third-order valence-corrected chi connectivity index (χ3v) is 5.67. The average molecular weight is 380 g/mol. The molecule has 0 unspecified atom stereocenters. The Morgan fingerprint density at radius 3 is 2.54 bits per heavy atom. The summed E-state index contributed by atoms with van der Waals surface area (Å²) in [7, 11) is 0. The highest BCUT2D eigenvalue weighted by Gasteiger charge is 2.19. The Morgan fingerprint density at radius 2 is 1.71 bits per heavy atom. The van der Waals surface area contributed by atoms with Gasteiger partial charge in [0.15, 0.2) is 5.82 Å². The van der Waals surface area contributed by atoms with Gasteiger partial charge in [0.05, 0.1) is 0 Å². The zero-order chi connectivity index (χ0) is 19.2. The second-order valence-corrected chi connectivity index (χ2v) is 7.79. The quantitative estimate of drug-likeness (QED) is 0.815. The van der Waals surface area contributed by atoms with Gasteiger partial charge in [-0.05, 0) is 44.2 Å². The van der Waals surface area contributed by atoms with Crippen molar-refractivity contribution >= 4 is 17.5 Å². The SMILES string of the molecule is O=C(Nc1cccc(-c2nccnc2N2CCCCC2)c1)NC1CCCCC1. The number of rotatable bonds is 4. The number of carbonyl (C=O) groups excluding carboxylic acids is 1. The van der Waals surface area contributed by atoms with E-state index in [1.54, 1.807) is 12.4 Å². The van der Waals surface area contributed by atoms with Gasteiger partial charge in [0, 0.05) is 42.8 Å². The van der Waals surface area contributed by atoms with Crippen LogP contribution in [0.2, 0.25) is 0 Å². The summed E-state index contributed by atoms with van der Waals surface area (Å²) in [6.45, 7) is 2.04. The lowest BCUT2D eigenvalue weighted by Gasteiger charge is -2.29. The van der Waals surface area contributed by atoms with Gasteiger partial charge in [0.25, 0.3) is 0 Å². The van der Waals surface area contributed by atoms with Gasteiger partial charge in [-0.15, -0.1) is 0 Å². The van der Waals surface area contributed by atoms with Gasteiger partial charge < -0.3 is 15.5 Å². The van der Waals surface area contributed by atoms with Gasteiger partial charge in [0.1, 0.15) is 5.69 Å². The van der Waals surface area contributed by atoms with Crippen molar-refractivity contribution < 1.29 is 4.79 Å². The Morgan fingerprint density at radius 1 is 0.964 bits per heavy atom. The highest BCUT2D eigenvalue weighted by molar-refractivity contribution is 5.90. The van der Waals surface area contributed by atoms with Crippen molar-refractivity contribution in [1.29, 1.82) is 0 Å². The van der Waals surface area contributed by atoms with E-state index in [0.717, 1.165) is 48.7 Å². The van der Waals surface area contributed by atoms with Crippen molar-refractivity contribution in [3.05, 3.63) is 36.7 Å². The van der Waals surface area contributed by atoms with Crippen molar-refractivity contribution in [2.24, 2.45) is 0 Å². The third kappa shape index (κ3) is 4.61. The summed E-state index contributed by atoms with van der Waals surface area (Å²) < 4.78 is 0. The van der Waals surface area contributed by atoms with Crippen molar-refractivity contribution in [3.8, 4) is 11.3 Å². The van der Waals surface area contributed by atoms with E-state index in [4.69, 9.17) is 0 Å². The standard InChI is InChI=1S/C22H29N5O/c28-22(25-18-9-3-1-4-10-18)26-19-11-7-8-17(16-19)20-21(24-13-12-23-20)27-14-5-2-6-15-27/h7-8,11-13,16,18H,1-6,9-10,14-15H2,(H2,25,26,28). The van der Waals surface area contributed by atoms with E-state index in [0.29, 0.717) is 6.04 Å². The Balaban J connectivity index is 1.48. The maximum atomic E-state index is 12.4. The molecule has 0 atom stereocenters. The van der Waals surface area contributed by atoms with Gasteiger partial charge in [-0.3, -0.25) is 4.98 Å². The smallest absolute Gasteiger partial charge is 0.319 e. The van der Waals surface area contributed by atoms with Gasteiger partial charge >= 0.3 is 6.03 Å². The first-order valence-corrected chi connectivity index (χ1v) is 10.5. The molecule has 0 radical (unpaired) electrons. The number of nitrogens with one attached hydrogen (secondary N) is 2. The molecule has 1 aliphatic heterocycles. The van der Waals surface area contributed by atoms with E-state index in [9.17, 15) is 4.79 Å². The maximum Gasteiger partial charge on any atom is 0.319 e. The number of piperidine rings is 1. The van der Waals surface area contributed by atoms with Crippen LogP contribution in [-0.4, -0.2) is 35.1 Å². The molecule has 2 amide bonds. The topological polar surface area (TPSA) is 70.2 Å². The van der Waals surface area contributed by atoms with Crippen LogP contribution in [0.4, 0.5) is 16.3 Å². The first-order chi connectivity index (χ1) is 13.8. The van der Waals surface area contributed by atoms with Crippen LogP contribution in [0.1, 0.15) is 51.4 Å². The first kappa shape index (κ1) is 18.7. The second kappa shape index (κ2) is 9.04. The van der Waals surface area contributed by atoms with Crippen LogP contribution in [0.15, 0.2) is 36.7 Å². The molecule has 1 aliphatic carbocycles. The average Bonchev–Trinajstić information content (AvgIpc) is 2.75. The maximum absolute atomic E-state index is 12.4. The third-order valence-electron chi connectivity index (χ3n) is 5.67. The number of benzene rings is 1. The van der Waals surface area contributed by atoms with Crippen LogP contribution in [0.5, 0.6) is 0 Å². The molecule has 1 aromatic carbocycles. The molecular formula is C22H29N5O. The minimum atomic E-state index is -0.126. The van der Waals surface area contributed by atoms with Gasteiger partial charge in [-0.1, -0.05) is 31.4 Å². The zero-order valence-corrected chi connectivity index (χ0v) is 16.4. The summed E-state index contributed by atoms with van der Waals surface area (Å²) in [5.41, 5.74) is 2.63. The Labute approximate surface area is 166 Å². The van der Waals surface area contributed by atoms with Crippen LogP contribution in [0, 0.1) is 0 Å². The predicted octanol–water partition coefficient (Wildman–Crippen LogP) is 4.59. The van der Waals surface area contributed by atoms with E-state index < -0.39 is 0 Å². The van der Waals surface area contributed by atoms with E-state index in [1.807, 2.05) is 24.3 Å². The minimum absolute atomic E-state index is 0.126. The van der Waals surface area contributed by atoms with Crippen molar-refractivity contribution in [1.82, 2.24) is 15.3 Å². The number of carbonyl (C=O) groups is 1. The number of urea groups is 1. The molecule has 2 fully saturated rings. The van der Waals surface area contributed by atoms with E-state index in [-0.39, 0.29) is 6.03 Å². The fourth-order valence-electron chi connectivity index (χ4n) is 4.22. The molecule has 2 N–H and O–H groups in total. The first-order valence-electron chi connectivity index (χ1n) is 10.5. The summed E-state index contributed by atoms with van der Waals surface area (Å²) in [6.07, 6.45) is 13.0. The molecule has 0 bridgehead atoms. The summed E-state index contributed by atoms with van der Waals surface area (Å²) in [5.74, 6) is 0.936. The molecule has 2 heterocycles. The van der Waals surface area contributed by atoms with Crippen molar-refractivity contribution in [3.63, 3.8) is 0 Å². The number of amides is 2. The highest BCUT2D eigenvalue weighted by Crippen LogP contribution is 2.30. The summed E-state index contributed by atoms with van der Waals surface area (Å²) in [5, 5.41) is 6.09. The fraction of sp³-hybridized carbons (Fsp3) is 0.500. The highest BCUT2D eigenvalue weighted by atomic mass is 16.2. The molecule has 28 heavy (non-hydrogen) atoms. The van der Waals surface area contributed by atoms with Crippen LogP contribution >= 0.6 is 0 Å². The zero-order valence-electron chi connectivity index (χ0n) is 16.4. The van der Waals surface area contributed by atoms with Crippen molar-refractivity contribution in [2.45, 2.75) is 57.4 Å². The number of anilines is 2. The molecule has 2 aromatic rings. The molecular weight excluding hydrogens is 350 g/mol. The molecule has 1 saturated carbocycles. The summed E-state index contributed by atoms with van der Waals surface area (Å²) in [6, 6.07) is 8.06. The molecule has 0 spiro atoms. The van der Waals surface area contributed by atoms with Crippen LogP contribution < -0.4 is 15.5 Å². The number of nitrogens with zero attached hydrogens (tertiary/aromatic N) is 3. The molecule has 2 aliphatic rings. The number of hydrogen-bond acceptors (Lipinski definition) is 4. The Hall–Kier alpha value is -2.63. The van der Waals surface area contributed by atoms with Gasteiger partial charge in [-0.25, -0.2) is 9.78 Å². The van der Waals surface area contributed by atoms with Crippen LogP contribution in [0.25, 0.3) is 11.3 Å². The molecule has 4 rings (SSSR count). The molecule has 6 heteroatoms. The van der Waals surface area contributed by atoms with E-state index >= 15 is 0 Å². The lowest BCUT2D eigenvalue weighted by molar-refractivity contribution is 0.244. The Kier molecular flexibility index (Phi) is 6.04. The van der Waals surface area contributed by atoms with Crippen molar-refractivity contribution in [2.75, 3.05) is 23.3 Å². The monoisotopic (exact) mass is 379 g/mol. The van der Waals surface area contributed by atoms with E-state index in [2.05, 4.69) is 25.5 Å². The summed E-state index contributed by atoms with van der Waals surface area (Å²) >= 11 is 0. The van der Waals surface area contributed by atoms with Crippen LogP contribution in [0.3, 0.4) is 0 Å². The van der Waals surface area contributed by atoms with Gasteiger partial charge in [0.2, 0.25) is 0 Å². The molecule has 1 saturated heterocycles. The van der Waals surface area contributed by atoms with Gasteiger partial charge in [-0.2, -0.15) is 0 Å². The molecule has 1 aromatic heterocycles.